The van der Waals surface area contributed by atoms with Crippen molar-refractivity contribution in [2.45, 2.75) is 19.3 Å². The molecule has 0 saturated carbocycles. The van der Waals surface area contributed by atoms with Gasteiger partial charge in [-0.25, -0.2) is 0 Å². The standard InChI is InChI=1S/C16H21N3O3/c1-18-9-6-16(15(18)21)5-3-8-19(11-16)14(20)12-4-7-17-10-13(12)22-2/h4,7,10H,3,5-6,8-9,11H2,1-2H3. The number of piperidine rings is 1. The SMILES string of the molecule is COc1cnccc1C(=O)N1CCCC2(CCN(C)C2=O)C1. The fraction of sp³-hybridized carbons (Fsp3) is 0.562. The summed E-state index contributed by atoms with van der Waals surface area (Å²) in [7, 11) is 3.37. The van der Waals surface area contributed by atoms with Crippen molar-refractivity contribution >= 4 is 11.8 Å². The Hall–Kier alpha value is -2.11. The molecule has 1 aromatic rings. The molecule has 118 valence electrons. The lowest BCUT2D eigenvalue weighted by Crippen LogP contribution is -2.49. The summed E-state index contributed by atoms with van der Waals surface area (Å²) in [6.07, 6.45) is 5.69. The maximum atomic E-state index is 12.8. The third-order valence-electron chi connectivity index (χ3n) is 4.83. The van der Waals surface area contributed by atoms with E-state index in [1.54, 1.807) is 28.3 Å². The minimum absolute atomic E-state index is 0.0827. The number of hydrogen-bond donors (Lipinski definition) is 0. The second-order valence-electron chi connectivity index (χ2n) is 6.16. The Bertz CT molecular complexity index is 600. The summed E-state index contributed by atoms with van der Waals surface area (Å²) in [5.41, 5.74) is 0.122. The molecule has 1 atom stereocenters. The minimum Gasteiger partial charge on any atom is -0.494 e. The maximum Gasteiger partial charge on any atom is 0.257 e. The van der Waals surface area contributed by atoms with Crippen LogP contribution in [0.4, 0.5) is 0 Å². The first-order chi connectivity index (χ1) is 10.6. The summed E-state index contributed by atoms with van der Waals surface area (Å²) in [6.45, 7) is 1.96. The summed E-state index contributed by atoms with van der Waals surface area (Å²) < 4.78 is 5.23. The van der Waals surface area contributed by atoms with Gasteiger partial charge in [-0.2, -0.15) is 0 Å². The zero-order valence-electron chi connectivity index (χ0n) is 13.0. The number of likely N-dealkylation sites (tertiary alicyclic amines) is 2. The van der Waals surface area contributed by atoms with Gasteiger partial charge in [0, 0.05) is 32.9 Å². The molecule has 0 aliphatic carbocycles. The Kier molecular flexibility index (Phi) is 3.76. The first-order valence-electron chi connectivity index (χ1n) is 7.60. The highest BCUT2D eigenvalue weighted by Gasteiger charge is 2.48. The van der Waals surface area contributed by atoms with E-state index in [0.717, 1.165) is 25.8 Å². The van der Waals surface area contributed by atoms with Gasteiger partial charge < -0.3 is 14.5 Å². The summed E-state index contributed by atoms with van der Waals surface area (Å²) in [5.74, 6) is 0.564. The van der Waals surface area contributed by atoms with Gasteiger partial charge in [0.1, 0.15) is 5.75 Å². The molecule has 1 unspecified atom stereocenters. The molecular weight excluding hydrogens is 282 g/mol. The lowest BCUT2D eigenvalue weighted by molar-refractivity contribution is -0.137. The van der Waals surface area contributed by atoms with Crippen LogP contribution in [0.3, 0.4) is 0 Å². The van der Waals surface area contributed by atoms with Crippen LogP contribution in [-0.2, 0) is 4.79 Å². The maximum absolute atomic E-state index is 12.8. The molecule has 0 radical (unpaired) electrons. The molecular formula is C16H21N3O3. The Labute approximate surface area is 130 Å². The topological polar surface area (TPSA) is 62.7 Å². The highest BCUT2D eigenvalue weighted by atomic mass is 16.5. The molecule has 2 aliphatic rings. The lowest BCUT2D eigenvalue weighted by Gasteiger charge is -2.39. The first kappa shape index (κ1) is 14.8. The largest absolute Gasteiger partial charge is 0.494 e. The van der Waals surface area contributed by atoms with Gasteiger partial charge in [0.15, 0.2) is 0 Å². The van der Waals surface area contributed by atoms with Crippen molar-refractivity contribution in [2.24, 2.45) is 5.41 Å². The van der Waals surface area contributed by atoms with E-state index in [4.69, 9.17) is 4.74 Å². The molecule has 0 N–H and O–H groups in total. The van der Waals surface area contributed by atoms with Crippen molar-refractivity contribution in [3.8, 4) is 5.75 Å². The van der Waals surface area contributed by atoms with E-state index in [2.05, 4.69) is 4.98 Å². The number of rotatable bonds is 2. The number of carbonyl (C=O) groups excluding carboxylic acids is 2. The van der Waals surface area contributed by atoms with Crippen molar-refractivity contribution < 1.29 is 14.3 Å². The van der Waals surface area contributed by atoms with Gasteiger partial charge >= 0.3 is 0 Å². The van der Waals surface area contributed by atoms with Gasteiger partial charge in [-0.15, -0.1) is 0 Å². The molecule has 1 spiro atoms. The quantitative estimate of drug-likeness (QED) is 0.823. The smallest absolute Gasteiger partial charge is 0.257 e. The zero-order valence-corrected chi connectivity index (χ0v) is 13.0. The van der Waals surface area contributed by atoms with Crippen LogP contribution in [0, 0.1) is 5.41 Å². The van der Waals surface area contributed by atoms with Crippen molar-refractivity contribution in [3.63, 3.8) is 0 Å². The van der Waals surface area contributed by atoms with Gasteiger partial charge in [0.25, 0.3) is 5.91 Å². The Morgan fingerprint density at radius 3 is 2.86 bits per heavy atom. The number of amides is 2. The van der Waals surface area contributed by atoms with Gasteiger partial charge in [-0.1, -0.05) is 0 Å². The molecule has 22 heavy (non-hydrogen) atoms. The molecule has 2 amide bonds. The number of nitrogens with zero attached hydrogens (tertiary/aromatic N) is 3. The monoisotopic (exact) mass is 303 g/mol. The minimum atomic E-state index is -0.386. The molecule has 0 bridgehead atoms. The third-order valence-corrected chi connectivity index (χ3v) is 4.83. The van der Waals surface area contributed by atoms with E-state index < -0.39 is 0 Å². The average molecular weight is 303 g/mol. The van der Waals surface area contributed by atoms with Gasteiger partial charge in [-0.05, 0) is 25.3 Å². The molecule has 6 nitrogen and oxygen atoms in total. The number of pyridine rings is 1. The van der Waals surface area contributed by atoms with Crippen LogP contribution in [0.25, 0.3) is 0 Å². The summed E-state index contributed by atoms with van der Waals surface area (Å²) in [4.78, 5) is 32.8. The van der Waals surface area contributed by atoms with E-state index in [1.807, 2.05) is 7.05 Å². The number of aromatic nitrogens is 1. The van der Waals surface area contributed by atoms with Crippen molar-refractivity contribution in [1.29, 1.82) is 0 Å². The van der Waals surface area contributed by atoms with Gasteiger partial charge in [-0.3, -0.25) is 14.6 Å². The van der Waals surface area contributed by atoms with Crippen molar-refractivity contribution in [3.05, 3.63) is 24.0 Å². The van der Waals surface area contributed by atoms with Crippen LogP contribution in [0.2, 0.25) is 0 Å². The van der Waals surface area contributed by atoms with E-state index in [9.17, 15) is 9.59 Å². The number of carbonyl (C=O) groups is 2. The predicted molar refractivity (Wildman–Crippen MR) is 80.6 cm³/mol. The third kappa shape index (κ3) is 2.32. The number of ether oxygens (including phenoxy) is 1. The molecule has 2 aliphatic heterocycles. The Morgan fingerprint density at radius 1 is 1.36 bits per heavy atom. The molecule has 0 aromatic carbocycles. The van der Waals surface area contributed by atoms with Crippen molar-refractivity contribution in [2.75, 3.05) is 33.8 Å². The first-order valence-corrected chi connectivity index (χ1v) is 7.60. The van der Waals surface area contributed by atoms with Gasteiger partial charge in [0.05, 0.1) is 24.3 Å². The summed E-state index contributed by atoms with van der Waals surface area (Å²) >= 11 is 0. The molecule has 2 saturated heterocycles. The molecule has 3 rings (SSSR count). The second-order valence-corrected chi connectivity index (χ2v) is 6.16. The zero-order chi connectivity index (χ0) is 15.7. The second kappa shape index (κ2) is 5.59. The van der Waals surface area contributed by atoms with Crippen LogP contribution in [0.5, 0.6) is 5.75 Å². The number of methoxy groups -OCH3 is 1. The fourth-order valence-electron chi connectivity index (χ4n) is 3.57. The van der Waals surface area contributed by atoms with Crippen molar-refractivity contribution in [1.82, 2.24) is 14.8 Å². The van der Waals surface area contributed by atoms with E-state index >= 15 is 0 Å². The Morgan fingerprint density at radius 2 is 2.18 bits per heavy atom. The van der Waals surface area contributed by atoms with Crippen LogP contribution < -0.4 is 4.74 Å². The highest BCUT2D eigenvalue weighted by Crippen LogP contribution is 2.40. The molecule has 2 fully saturated rings. The summed E-state index contributed by atoms with van der Waals surface area (Å²) in [5, 5.41) is 0. The lowest BCUT2D eigenvalue weighted by atomic mass is 9.78. The van der Waals surface area contributed by atoms with E-state index in [1.165, 1.54) is 7.11 Å². The fourth-order valence-corrected chi connectivity index (χ4v) is 3.57. The molecule has 6 heteroatoms. The molecule has 3 heterocycles. The van der Waals surface area contributed by atoms with Crippen LogP contribution in [0.1, 0.15) is 29.6 Å². The number of hydrogen-bond acceptors (Lipinski definition) is 4. The van der Waals surface area contributed by atoms with E-state index in [-0.39, 0.29) is 17.2 Å². The Balaban J connectivity index is 1.83. The van der Waals surface area contributed by atoms with Crippen LogP contribution in [-0.4, -0.2) is 60.4 Å². The summed E-state index contributed by atoms with van der Waals surface area (Å²) in [6, 6.07) is 1.67. The van der Waals surface area contributed by atoms with E-state index in [0.29, 0.717) is 24.4 Å². The van der Waals surface area contributed by atoms with Crippen LogP contribution in [0.15, 0.2) is 18.5 Å². The normalized spacial score (nSPS) is 24.9. The average Bonchev–Trinajstić information content (AvgIpc) is 2.83. The predicted octanol–water partition coefficient (Wildman–Crippen LogP) is 1.17. The highest BCUT2D eigenvalue weighted by molar-refractivity contribution is 5.97. The molecule has 1 aromatic heterocycles. The van der Waals surface area contributed by atoms with Gasteiger partial charge in [0.2, 0.25) is 5.91 Å². The van der Waals surface area contributed by atoms with Crippen LogP contribution >= 0.6 is 0 Å².